The first-order valence-electron chi connectivity index (χ1n) is 8.31. The van der Waals surface area contributed by atoms with E-state index in [1.54, 1.807) is 6.92 Å². The fourth-order valence-electron chi connectivity index (χ4n) is 3.85. The van der Waals surface area contributed by atoms with Crippen molar-refractivity contribution >= 4 is 11.9 Å². The molecule has 4 unspecified atom stereocenters. The van der Waals surface area contributed by atoms with Crippen molar-refractivity contribution in [2.24, 2.45) is 11.8 Å². The molecule has 0 aromatic heterocycles. The number of carboxylic acid groups (broad SMARTS) is 1. The molecular formula is C18H21F2NO3. The van der Waals surface area contributed by atoms with Gasteiger partial charge in [0.15, 0.2) is 11.6 Å². The number of aliphatic carboxylic acids is 1. The van der Waals surface area contributed by atoms with E-state index in [0.717, 1.165) is 25.0 Å². The molecule has 6 heteroatoms. The van der Waals surface area contributed by atoms with Crippen LogP contribution < -0.4 is 5.32 Å². The van der Waals surface area contributed by atoms with Gasteiger partial charge in [0.1, 0.15) is 0 Å². The molecule has 4 nitrogen and oxygen atoms in total. The van der Waals surface area contributed by atoms with Crippen LogP contribution >= 0.6 is 0 Å². The molecule has 4 atom stereocenters. The van der Waals surface area contributed by atoms with Crippen LogP contribution in [-0.2, 0) is 9.59 Å². The molecular weight excluding hydrogens is 316 g/mol. The van der Waals surface area contributed by atoms with Gasteiger partial charge >= 0.3 is 5.97 Å². The van der Waals surface area contributed by atoms with E-state index in [9.17, 15) is 23.5 Å². The van der Waals surface area contributed by atoms with Crippen LogP contribution in [0.2, 0.25) is 0 Å². The number of hydrogen-bond donors (Lipinski definition) is 2. The highest BCUT2D eigenvalue weighted by molar-refractivity contribution is 5.84. The molecule has 24 heavy (non-hydrogen) atoms. The highest BCUT2D eigenvalue weighted by Crippen LogP contribution is 2.48. The van der Waals surface area contributed by atoms with E-state index in [4.69, 9.17) is 0 Å². The summed E-state index contributed by atoms with van der Waals surface area (Å²) in [6, 6.07) is 3.70. The van der Waals surface area contributed by atoms with Crippen molar-refractivity contribution in [3.63, 3.8) is 0 Å². The van der Waals surface area contributed by atoms with Crippen molar-refractivity contribution in [2.75, 3.05) is 0 Å². The van der Waals surface area contributed by atoms with Crippen LogP contribution in [0.5, 0.6) is 0 Å². The lowest BCUT2D eigenvalue weighted by molar-refractivity contribution is -0.146. The van der Waals surface area contributed by atoms with Crippen LogP contribution in [0.1, 0.15) is 50.5 Å². The topological polar surface area (TPSA) is 66.4 Å². The highest BCUT2D eigenvalue weighted by atomic mass is 19.2. The lowest BCUT2D eigenvalue weighted by atomic mass is 9.73. The van der Waals surface area contributed by atoms with Gasteiger partial charge in [0, 0.05) is 5.92 Å². The van der Waals surface area contributed by atoms with Crippen molar-refractivity contribution in [3.05, 3.63) is 35.4 Å². The van der Waals surface area contributed by atoms with Gasteiger partial charge in [0.2, 0.25) is 5.91 Å². The standard InChI is InChI=1S/C18H21F2NO3/c1-18(7-3-2-4-13(18)17(23)24)21-16(22)12-9-11(12)10-5-6-14(19)15(20)8-10/h5-6,8,11-13H,2-4,7,9H2,1H3,(H,21,22)(H,23,24). The molecule has 1 amide bonds. The zero-order valence-corrected chi connectivity index (χ0v) is 13.5. The maximum absolute atomic E-state index is 13.3. The number of hydrogen-bond acceptors (Lipinski definition) is 2. The van der Waals surface area contributed by atoms with E-state index in [-0.39, 0.29) is 17.7 Å². The summed E-state index contributed by atoms with van der Waals surface area (Å²) in [5.74, 6) is -3.91. The minimum atomic E-state index is -0.913. The van der Waals surface area contributed by atoms with Gasteiger partial charge in [-0.1, -0.05) is 18.9 Å². The molecule has 3 rings (SSSR count). The molecule has 0 radical (unpaired) electrons. The summed E-state index contributed by atoms with van der Waals surface area (Å²) >= 11 is 0. The number of benzene rings is 1. The van der Waals surface area contributed by atoms with E-state index in [0.29, 0.717) is 24.8 Å². The number of amides is 1. The van der Waals surface area contributed by atoms with Crippen LogP contribution in [0.4, 0.5) is 8.78 Å². The maximum atomic E-state index is 13.3. The van der Waals surface area contributed by atoms with Gasteiger partial charge in [-0.05, 0) is 49.8 Å². The lowest BCUT2D eigenvalue weighted by Gasteiger charge is -2.40. The van der Waals surface area contributed by atoms with E-state index >= 15 is 0 Å². The summed E-state index contributed by atoms with van der Waals surface area (Å²) in [6.45, 7) is 1.79. The Bertz CT molecular complexity index is 678. The van der Waals surface area contributed by atoms with Gasteiger partial charge < -0.3 is 10.4 Å². The average Bonchev–Trinajstić information content (AvgIpc) is 3.30. The summed E-state index contributed by atoms with van der Waals surface area (Å²) in [5, 5.41) is 12.3. The Labute approximate surface area is 139 Å². The Hall–Kier alpha value is -1.98. The molecule has 0 bridgehead atoms. The first kappa shape index (κ1) is 16.9. The van der Waals surface area contributed by atoms with Crippen LogP contribution in [0.3, 0.4) is 0 Å². The molecule has 0 saturated heterocycles. The quantitative estimate of drug-likeness (QED) is 0.886. The average molecular weight is 337 g/mol. The third-order valence-electron chi connectivity index (χ3n) is 5.41. The second-order valence-electron chi connectivity index (χ2n) is 7.17. The number of carboxylic acids is 1. The molecule has 1 aromatic carbocycles. The van der Waals surface area contributed by atoms with Crippen LogP contribution in [0.25, 0.3) is 0 Å². The monoisotopic (exact) mass is 337 g/mol. The highest BCUT2D eigenvalue weighted by Gasteiger charge is 2.48. The van der Waals surface area contributed by atoms with Crippen LogP contribution in [-0.4, -0.2) is 22.5 Å². The van der Waals surface area contributed by atoms with Crippen molar-refractivity contribution in [1.29, 1.82) is 0 Å². The molecule has 1 aromatic rings. The number of carbonyl (C=O) groups excluding carboxylic acids is 1. The zero-order valence-electron chi connectivity index (χ0n) is 13.5. The second-order valence-corrected chi connectivity index (χ2v) is 7.17. The molecule has 0 aliphatic heterocycles. The van der Waals surface area contributed by atoms with Crippen LogP contribution in [0, 0.1) is 23.5 Å². The summed E-state index contributed by atoms with van der Waals surface area (Å²) in [4.78, 5) is 24.0. The van der Waals surface area contributed by atoms with E-state index in [1.807, 2.05) is 0 Å². The minimum Gasteiger partial charge on any atom is -0.481 e. The van der Waals surface area contributed by atoms with Gasteiger partial charge in [-0.25, -0.2) is 8.78 Å². The van der Waals surface area contributed by atoms with Crippen molar-refractivity contribution in [1.82, 2.24) is 5.32 Å². The van der Waals surface area contributed by atoms with Crippen molar-refractivity contribution < 1.29 is 23.5 Å². The molecule has 0 spiro atoms. The SMILES string of the molecule is CC1(NC(=O)C2CC2c2ccc(F)c(F)c2)CCCCC1C(=O)O. The first-order valence-corrected chi connectivity index (χ1v) is 8.31. The number of halogens is 2. The largest absolute Gasteiger partial charge is 0.481 e. The molecule has 130 valence electrons. The fraction of sp³-hybridized carbons (Fsp3) is 0.556. The number of rotatable bonds is 4. The lowest BCUT2D eigenvalue weighted by Crippen LogP contribution is -2.55. The fourth-order valence-corrected chi connectivity index (χ4v) is 3.85. The Morgan fingerprint density at radius 2 is 2.00 bits per heavy atom. The summed E-state index contributed by atoms with van der Waals surface area (Å²) in [7, 11) is 0. The Kier molecular flexibility index (Phi) is 4.32. The van der Waals surface area contributed by atoms with Gasteiger partial charge in [-0.15, -0.1) is 0 Å². The van der Waals surface area contributed by atoms with Crippen molar-refractivity contribution in [3.8, 4) is 0 Å². The maximum Gasteiger partial charge on any atom is 0.308 e. The smallest absolute Gasteiger partial charge is 0.308 e. The van der Waals surface area contributed by atoms with Gasteiger partial charge in [-0.3, -0.25) is 9.59 Å². The molecule has 2 aliphatic carbocycles. The minimum absolute atomic E-state index is 0.129. The summed E-state index contributed by atoms with van der Waals surface area (Å²) in [5.41, 5.74) is -0.139. The summed E-state index contributed by atoms with van der Waals surface area (Å²) < 4.78 is 26.3. The third kappa shape index (κ3) is 3.14. The normalized spacial score (nSPS) is 32.2. The van der Waals surface area contributed by atoms with E-state index in [1.165, 1.54) is 6.07 Å². The van der Waals surface area contributed by atoms with Gasteiger partial charge in [-0.2, -0.15) is 0 Å². The Balaban J connectivity index is 1.67. The number of nitrogens with one attached hydrogen (secondary N) is 1. The Morgan fingerprint density at radius 1 is 1.25 bits per heavy atom. The number of carbonyl (C=O) groups is 2. The molecule has 2 saturated carbocycles. The zero-order chi connectivity index (χ0) is 17.5. The predicted molar refractivity (Wildman–Crippen MR) is 83.3 cm³/mol. The Morgan fingerprint density at radius 3 is 2.67 bits per heavy atom. The first-order chi connectivity index (χ1) is 11.3. The molecule has 0 heterocycles. The molecule has 2 aliphatic rings. The van der Waals surface area contributed by atoms with E-state index < -0.39 is 29.1 Å². The summed E-state index contributed by atoms with van der Waals surface area (Å²) in [6.07, 6.45) is 3.51. The van der Waals surface area contributed by atoms with Gasteiger partial charge in [0.05, 0.1) is 11.5 Å². The predicted octanol–water partition coefficient (Wildman–Crippen LogP) is 3.22. The van der Waals surface area contributed by atoms with Crippen LogP contribution in [0.15, 0.2) is 18.2 Å². The second kappa shape index (κ2) is 6.15. The van der Waals surface area contributed by atoms with Crippen molar-refractivity contribution in [2.45, 2.75) is 50.5 Å². The molecule has 2 N–H and O–H groups in total. The third-order valence-corrected chi connectivity index (χ3v) is 5.41. The van der Waals surface area contributed by atoms with E-state index in [2.05, 4.69) is 5.32 Å². The van der Waals surface area contributed by atoms with Gasteiger partial charge in [0.25, 0.3) is 0 Å². The molecule has 2 fully saturated rings.